The van der Waals surface area contributed by atoms with Gasteiger partial charge in [-0.1, -0.05) is 27.5 Å². The zero-order chi connectivity index (χ0) is 10.9. The Hall–Kier alpha value is -0.0900. The average Bonchev–Trinajstić information content (AvgIpc) is 3.00. The van der Waals surface area contributed by atoms with Gasteiger partial charge in [-0.3, -0.25) is 0 Å². The van der Waals surface area contributed by atoms with E-state index in [1.165, 1.54) is 0 Å². The van der Waals surface area contributed by atoms with Gasteiger partial charge in [0.1, 0.15) is 0 Å². The first-order valence-corrected chi connectivity index (χ1v) is 6.12. The van der Waals surface area contributed by atoms with Gasteiger partial charge in [-0.2, -0.15) is 0 Å². The molecular formula is C11H13BrClNO. The molecule has 4 heteroatoms. The molecule has 0 aromatic heterocycles. The highest BCUT2D eigenvalue weighted by Crippen LogP contribution is 2.35. The van der Waals surface area contributed by atoms with E-state index in [9.17, 15) is 0 Å². The third-order valence-electron chi connectivity index (χ3n) is 2.82. The second-order valence-electron chi connectivity index (χ2n) is 4.03. The molecule has 82 valence electrons. The summed E-state index contributed by atoms with van der Waals surface area (Å²) < 4.78 is 1.03. The first kappa shape index (κ1) is 11.4. The lowest BCUT2D eigenvalue weighted by atomic mass is 10.2. The maximum absolute atomic E-state index is 9.15. The van der Waals surface area contributed by atoms with Gasteiger partial charge in [0.15, 0.2) is 0 Å². The van der Waals surface area contributed by atoms with Gasteiger partial charge in [0.25, 0.3) is 0 Å². The van der Waals surface area contributed by atoms with Crippen molar-refractivity contribution in [2.24, 2.45) is 0 Å². The molecule has 1 saturated carbocycles. The van der Waals surface area contributed by atoms with Gasteiger partial charge in [-0.25, -0.2) is 0 Å². The van der Waals surface area contributed by atoms with Crippen molar-refractivity contribution in [3.8, 4) is 0 Å². The molecule has 0 amide bonds. The normalized spacial score (nSPS) is 17.8. The zero-order valence-electron chi connectivity index (χ0n) is 8.26. The summed E-state index contributed by atoms with van der Waals surface area (Å²) >= 11 is 9.48. The fourth-order valence-electron chi connectivity index (χ4n) is 1.50. The Kier molecular flexibility index (Phi) is 3.36. The molecular weight excluding hydrogens is 277 g/mol. The van der Waals surface area contributed by atoms with E-state index in [1.54, 1.807) is 0 Å². The molecule has 2 rings (SSSR count). The van der Waals surface area contributed by atoms with Crippen molar-refractivity contribution in [2.45, 2.75) is 24.9 Å². The van der Waals surface area contributed by atoms with Gasteiger partial charge < -0.3 is 10.4 Å². The van der Waals surface area contributed by atoms with Crippen LogP contribution in [0.25, 0.3) is 0 Å². The minimum atomic E-state index is -0.0361. The molecule has 2 nitrogen and oxygen atoms in total. The number of benzene rings is 1. The van der Waals surface area contributed by atoms with Crippen molar-refractivity contribution in [3.05, 3.63) is 33.3 Å². The van der Waals surface area contributed by atoms with Crippen molar-refractivity contribution in [2.75, 3.05) is 6.61 Å². The zero-order valence-corrected chi connectivity index (χ0v) is 10.6. The highest BCUT2D eigenvalue weighted by atomic mass is 79.9. The summed E-state index contributed by atoms with van der Waals surface area (Å²) in [5, 5.41) is 13.3. The SMILES string of the molecule is OCC1(NCc2cc(Br)ccc2Cl)CC1. The molecule has 0 aliphatic heterocycles. The summed E-state index contributed by atoms with van der Waals surface area (Å²) in [6, 6.07) is 5.80. The fraction of sp³-hybridized carbons (Fsp3) is 0.455. The van der Waals surface area contributed by atoms with E-state index in [4.69, 9.17) is 16.7 Å². The molecule has 0 unspecified atom stereocenters. The van der Waals surface area contributed by atoms with E-state index < -0.39 is 0 Å². The van der Waals surface area contributed by atoms with E-state index in [1.807, 2.05) is 18.2 Å². The van der Waals surface area contributed by atoms with Gasteiger partial charge in [0.05, 0.1) is 6.61 Å². The first-order chi connectivity index (χ1) is 7.15. The number of nitrogens with one attached hydrogen (secondary N) is 1. The molecule has 0 radical (unpaired) electrons. The maximum atomic E-state index is 9.15. The van der Waals surface area contributed by atoms with Gasteiger partial charge in [-0.15, -0.1) is 0 Å². The summed E-state index contributed by atoms with van der Waals surface area (Å²) in [5.41, 5.74) is 1.02. The minimum Gasteiger partial charge on any atom is -0.394 e. The van der Waals surface area contributed by atoms with Gasteiger partial charge in [0.2, 0.25) is 0 Å². The predicted molar refractivity (Wildman–Crippen MR) is 65.0 cm³/mol. The Morgan fingerprint density at radius 3 is 2.80 bits per heavy atom. The fourth-order valence-corrected chi connectivity index (χ4v) is 2.10. The van der Waals surface area contributed by atoms with Crippen molar-refractivity contribution in [1.29, 1.82) is 0 Å². The highest BCUT2D eigenvalue weighted by Gasteiger charge is 2.41. The number of halogens is 2. The Morgan fingerprint density at radius 1 is 1.47 bits per heavy atom. The molecule has 0 atom stereocenters. The van der Waals surface area contributed by atoms with E-state index >= 15 is 0 Å². The standard InChI is InChI=1S/C11H13BrClNO/c12-9-1-2-10(13)8(5-9)6-14-11(7-15)3-4-11/h1-2,5,14-15H,3-4,6-7H2. The largest absolute Gasteiger partial charge is 0.394 e. The smallest absolute Gasteiger partial charge is 0.0613 e. The quantitative estimate of drug-likeness (QED) is 0.894. The molecule has 0 saturated heterocycles. The van der Waals surface area contributed by atoms with Crippen LogP contribution in [0.4, 0.5) is 0 Å². The number of rotatable bonds is 4. The Morgan fingerprint density at radius 2 is 2.20 bits per heavy atom. The number of aliphatic hydroxyl groups excluding tert-OH is 1. The Labute approximate surface area is 103 Å². The Balaban J connectivity index is 2.01. The highest BCUT2D eigenvalue weighted by molar-refractivity contribution is 9.10. The lowest BCUT2D eigenvalue weighted by Gasteiger charge is -2.14. The third-order valence-corrected chi connectivity index (χ3v) is 3.68. The van der Waals surface area contributed by atoms with E-state index in [-0.39, 0.29) is 12.1 Å². The van der Waals surface area contributed by atoms with Crippen LogP contribution >= 0.6 is 27.5 Å². The van der Waals surface area contributed by atoms with E-state index in [2.05, 4.69) is 21.2 Å². The molecule has 1 aliphatic carbocycles. The molecule has 1 fully saturated rings. The van der Waals surface area contributed by atoms with Crippen molar-refractivity contribution in [3.63, 3.8) is 0 Å². The van der Waals surface area contributed by atoms with Crippen LogP contribution in [0.15, 0.2) is 22.7 Å². The molecule has 0 bridgehead atoms. The lowest BCUT2D eigenvalue weighted by molar-refractivity contribution is 0.229. The summed E-state index contributed by atoms with van der Waals surface area (Å²) in [5.74, 6) is 0. The van der Waals surface area contributed by atoms with Gasteiger partial charge in [0, 0.05) is 21.6 Å². The van der Waals surface area contributed by atoms with Gasteiger partial charge in [-0.05, 0) is 36.6 Å². The van der Waals surface area contributed by atoms with Crippen LogP contribution in [0, 0.1) is 0 Å². The van der Waals surface area contributed by atoms with Crippen LogP contribution < -0.4 is 5.32 Å². The molecule has 1 aromatic rings. The summed E-state index contributed by atoms with van der Waals surface area (Å²) in [6.45, 7) is 0.914. The van der Waals surface area contributed by atoms with Crippen LogP contribution in [0.5, 0.6) is 0 Å². The second kappa shape index (κ2) is 4.42. The van der Waals surface area contributed by atoms with E-state index in [0.717, 1.165) is 27.9 Å². The van der Waals surface area contributed by atoms with Crippen molar-refractivity contribution < 1.29 is 5.11 Å². The molecule has 1 aromatic carbocycles. The minimum absolute atomic E-state index is 0.0361. The predicted octanol–water partition coefficient (Wildman–Crippen LogP) is 2.72. The Bertz CT molecular complexity index is 366. The number of hydrogen-bond donors (Lipinski definition) is 2. The average molecular weight is 291 g/mol. The van der Waals surface area contributed by atoms with Crippen LogP contribution in [0.2, 0.25) is 5.02 Å². The molecule has 2 N–H and O–H groups in total. The number of aliphatic hydroxyl groups is 1. The molecule has 15 heavy (non-hydrogen) atoms. The number of hydrogen-bond acceptors (Lipinski definition) is 2. The van der Waals surface area contributed by atoms with Gasteiger partial charge >= 0.3 is 0 Å². The molecule has 0 spiro atoms. The van der Waals surface area contributed by atoms with Crippen LogP contribution in [-0.4, -0.2) is 17.3 Å². The van der Waals surface area contributed by atoms with Crippen LogP contribution in [-0.2, 0) is 6.54 Å². The second-order valence-corrected chi connectivity index (χ2v) is 5.35. The van der Waals surface area contributed by atoms with Crippen molar-refractivity contribution in [1.82, 2.24) is 5.32 Å². The van der Waals surface area contributed by atoms with E-state index in [0.29, 0.717) is 6.54 Å². The monoisotopic (exact) mass is 289 g/mol. The summed E-state index contributed by atoms with van der Waals surface area (Å²) in [7, 11) is 0. The van der Waals surface area contributed by atoms with Crippen LogP contribution in [0.3, 0.4) is 0 Å². The third kappa shape index (κ3) is 2.72. The summed E-state index contributed by atoms with van der Waals surface area (Å²) in [4.78, 5) is 0. The molecule has 0 heterocycles. The maximum Gasteiger partial charge on any atom is 0.0613 e. The van der Waals surface area contributed by atoms with Crippen LogP contribution in [0.1, 0.15) is 18.4 Å². The molecule has 1 aliphatic rings. The topological polar surface area (TPSA) is 32.3 Å². The first-order valence-electron chi connectivity index (χ1n) is 4.95. The summed E-state index contributed by atoms with van der Waals surface area (Å²) in [6.07, 6.45) is 2.10. The lowest BCUT2D eigenvalue weighted by Crippen LogP contribution is -2.34. The van der Waals surface area contributed by atoms with Crippen molar-refractivity contribution >= 4 is 27.5 Å².